The van der Waals surface area contributed by atoms with Gasteiger partial charge in [-0.05, 0) is 6.92 Å². The van der Waals surface area contributed by atoms with Gasteiger partial charge in [0.15, 0.2) is 0 Å². The van der Waals surface area contributed by atoms with Crippen LogP contribution >= 0.6 is 11.3 Å². The van der Waals surface area contributed by atoms with Crippen molar-refractivity contribution in [3.05, 3.63) is 41.4 Å². The van der Waals surface area contributed by atoms with Crippen molar-refractivity contribution in [1.82, 2.24) is 20.1 Å². The molecule has 7 heteroatoms. The molecule has 2 aromatic rings. The summed E-state index contributed by atoms with van der Waals surface area (Å²) in [5, 5.41) is 5.44. The van der Waals surface area contributed by atoms with E-state index in [4.69, 9.17) is 0 Å². The first kappa shape index (κ1) is 16.4. The highest BCUT2D eigenvalue weighted by Crippen LogP contribution is 2.24. The molecular weight excluding hydrogens is 324 g/mol. The third kappa shape index (κ3) is 3.56. The van der Waals surface area contributed by atoms with Gasteiger partial charge in [0.1, 0.15) is 10.7 Å². The molecule has 3 amide bonds. The van der Waals surface area contributed by atoms with Crippen LogP contribution in [0.5, 0.6) is 0 Å². The fraction of sp³-hybridized carbons (Fsp3) is 0.353. The topological polar surface area (TPSA) is 65.5 Å². The number of thiazole rings is 1. The molecule has 24 heavy (non-hydrogen) atoms. The molecule has 1 aliphatic rings. The first-order valence-electron chi connectivity index (χ1n) is 8.02. The maximum absolute atomic E-state index is 12.6. The van der Waals surface area contributed by atoms with E-state index in [2.05, 4.69) is 10.3 Å². The highest BCUT2D eigenvalue weighted by molar-refractivity contribution is 7.13. The van der Waals surface area contributed by atoms with Crippen LogP contribution in [0.2, 0.25) is 0 Å². The molecule has 1 aliphatic heterocycles. The highest BCUT2D eigenvalue weighted by Gasteiger charge is 2.25. The minimum Gasteiger partial charge on any atom is -0.338 e. The Hall–Kier alpha value is -2.41. The zero-order valence-electron chi connectivity index (χ0n) is 13.6. The fourth-order valence-corrected chi connectivity index (χ4v) is 3.42. The lowest BCUT2D eigenvalue weighted by Crippen LogP contribution is -2.53. The predicted molar refractivity (Wildman–Crippen MR) is 94.1 cm³/mol. The molecule has 0 spiro atoms. The van der Waals surface area contributed by atoms with E-state index in [1.54, 1.807) is 15.2 Å². The number of benzene rings is 1. The number of aromatic nitrogens is 1. The number of piperazine rings is 1. The number of nitrogens with one attached hydrogen (secondary N) is 1. The van der Waals surface area contributed by atoms with Crippen molar-refractivity contribution in [3.8, 4) is 10.6 Å². The number of carbonyl (C=O) groups excluding carboxylic acids is 2. The summed E-state index contributed by atoms with van der Waals surface area (Å²) in [6, 6.07) is 9.77. The van der Waals surface area contributed by atoms with Crippen molar-refractivity contribution in [1.29, 1.82) is 0 Å². The lowest BCUT2D eigenvalue weighted by Gasteiger charge is -2.34. The molecule has 0 atom stereocenters. The maximum atomic E-state index is 12.6. The van der Waals surface area contributed by atoms with E-state index in [-0.39, 0.29) is 11.9 Å². The zero-order chi connectivity index (χ0) is 16.9. The molecule has 1 aromatic heterocycles. The van der Waals surface area contributed by atoms with Gasteiger partial charge >= 0.3 is 6.03 Å². The molecule has 126 valence electrons. The van der Waals surface area contributed by atoms with Crippen LogP contribution in [0.4, 0.5) is 4.79 Å². The Balaban J connectivity index is 1.62. The van der Waals surface area contributed by atoms with Crippen molar-refractivity contribution >= 4 is 23.3 Å². The zero-order valence-corrected chi connectivity index (χ0v) is 14.4. The average Bonchev–Trinajstić information content (AvgIpc) is 3.12. The number of hydrogen-bond donors (Lipinski definition) is 1. The van der Waals surface area contributed by atoms with Crippen LogP contribution in [0, 0.1) is 0 Å². The Morgan fingerprint density at radius 3 is 2.46 bits per heavy atom. The van der Waals surface area contributed by atoms with Crippen molar-refractivity contribution in [3.63, 3.8) is 0 Å². The quantitative estimate of drug-likeness (QED) is 0.929. The lowest BCUT2D eigenvalue weighted by atomic mass is 10.2. The van der Waals surface area contributed by atoms with Crippen LogP contribution in [-0.4, -0.2) is 59.4 Å². The van der Waals surface area contributed by atoms with E-state index < -0.39 is 0 Å². The van der Waals surface area contributed by atoms with E-state index in [9.17, 15) is 9.59 Å². The second-order valence-corrected chi connectivity index (χ2v) is 6.38. The molecule has 0 radical (unpaired) electrons. The molecule has 2 heterocycles. The van der Waals surface area contributed by atoms with Crippen LogP contribution in [0.15, 0.2) is 35.7 Å². The summed E-state index contributed by atoms with van der Waals surface area (Å²) in [6.45, 7) is 4.67. The summed E-state index contributed by atoms with van der Waals surface area (Å²) in [6.07, 6.45) is 0. The second kappa shape index (κ2) is 7.44. The molecule has 3 rings (SSSR count). The highest BCUT2D eigenvalue weighted by atomic mass is 32.1. The Kier molecular flexibility index (Phi) is 5.10. The molecule has 0 saturated carbocycles. The monoisotopic (exact) mass is 344 g/mol. The number of hydrogen-bond acceptors (Lipinski definition) is 4. The Morgan fingerprint density at radius 2 is 1.79 bits per heavy atom. The van der Waals surface area contributed by atoms with Crippen LogP contribution < -0.4 is 5.32 Å². The number of urea groups is 1. The normalized spacial score (nSPS) is 14.5. The van der Waals surface area contributed by atoms with Gasteiger partial charge in [0, 0.05) is 43.7 Å². The first-order chi connectivity index (χ1) is 11.7. The lowest BCUT2D eigenvalue weighted by molar-refractivity contribution is 0.0660. The van der Waals surface area contributed by atoms with Gasteiger partial charge in [0.05, 0.1) is 0 Å². The summed E-state index contributed by atoms with van der Waals surface area (Å²) in [5.74, 6) is -0.0658. The summed E-state index contributed by atoms with van der Waals surface area (Å²) < 4.78 is 0. The molecule has 1 N–H and O–H groups in total. The third-order valence-corrected chi connectivity index (χ3v) is 4.82. The van der Waals surface area contributed by atoms with Gasteiger partial charge in [-0.25, -0.2) is 9.78 Å². The van der Waals surface area contributed by atoms with Crippen LogP contribution in [-0.2, 0) is 0 Å². The van der Waals surface area contributed by atoms with Gasteiger partial charge in [0.25, 0.3) is 5.91 Å². The summed E-state index contributed by atoms with van der Waals surface area (Å²) in [4.78, 5) is 32.4. The smallest absolute Gasteiger partial charge is 0.317 e. The van der Waals surface area contributed by atoms with Crippen molar-refractivity contribution in [2.75, 3.05) is 32.7 Å². The van der Waals surface area contributed by atoms with Gasteiger partial charge in [-0.2, -0.15) is 0 Å². The molecule has 0 bridgehead atoms. The van der Waals surface area contributed by atoms with Gasteiger partial charge < -0.3 is 15.1 Å². The average molecular weight is 344 g/mol. The van der Waals surface area contributed by atoms with Gasteiger partial charge in [-0.1, -0.05) is 30.3 Å². The molecule has 6 nitrogen and oxygen atoms in total. The molecule has 1 aromatic carbocycles. The SMILES string of the molecule is CCNC(=O)N1CCN(C(=O)c2csc(-c3ccccc3)n2)CC1. The van der Waals surface area contributed by atoms with E-state index >= 15 is 0 Å². The number of carbonyl (C=O) groups is 2. The summed E-state index contributed by atoms with van der Waals surface area (Å²) in [7, 11) is 0. The van der Waals surface area contributed by atoms with Crippen molar-refractivity contribution in [2.45, 2.75) is 6.92 Å². The van der Waals surface area contributed by atoms with E-state index in [1.807, 2.05) is 37.3 Å². The molecule has 1 saturated heterocycles. The van der Waals surface area contributed by atoms with Gasteiger partial charge in [-0.15, -0.1) is 11.3 Å². The van der Waals surface area contributed by atoms with E-state index in [0.717, 1.165) is 10.6 Å². The third-order valence-electron chi connectivity index (χ3n) is 3.93. The van der Waals surface area contributed by atoms with Crippen LogP contribution in [0.25, 0.3) is 10.6 Å². The van der Waals surface area contributed by atoms with E-state index in [1.165, 1.54) is 11.3 Å². The largest absolute Gasteiger partial charge is 0.338 e. The molecular formula is C17H20N4O2S. The maximum Gasteiger partial charge on any atom is 0.317 e. The predicted octanol–water partition coefficient (Wildman–Crippen LogP) is 2.30. The fourth-order valence-electron chi connectivity index (χ4n) is 2.62. The summed E-state index contributed by atoms with van der Waals surface area (Å²) in [5.41, 5.74) is 1.49. The minimum atomic E-state index is -0.0658. The molecule has 1 fully saturated rings. The van der Waals surface area contributed by atoms with Crippen LogP contribution in [0.3, 0.4) is 0 Å². The first-order valence-corrected chi connectivity index (χ1v) is 8.90. The minimum absolute atomic E-state index is 0.0652. The Morgan fingerprint density at radius 1 is 1.12 bits per heavy atom. The Bertz CT molecular complexity index is 708. The number of rotatable bonds is 3. The van der Waals surface area contributed by atoms with Crippen LogP contribution in [0.1, 0.15) is 17.4 Å². The Labute approximate surface area is 145 Å². The number of amides is 3. The van der Waals surface area contributed by atoms with Gasteiger partial charge in [-0.3, -0.25) is 4.79 Å². The van der Waals surface area contributed by atoms with Gasteiger partial charge in [0.2, 0.25) is 0 Å². The number of nitrogens with zero attached hydrogens (tertiary/aromatic N) is 3. The summed E-state index contributed by atoms with van der Waals surface area (Å²) >= 11 is 1.47. The molecule has 0 aliphatic carbocycles. The van der Waals surface area contributed by atoms with E-state index in [0.29, 0.717) is 38.4 Å². The second-order valence-electron chi connectivity index (χ2n) is 5.52. The molecule has 0 unspecified atom stereocenters. The van der Waals surface area contributed by atoms with Crippen molar-refractivity contribution < 1.29 is 9.59 Å². The standard InChI is InChI=1S/C17H20N4O2S/c1-2-18-17(23)21-10-8-20(9-11-21)16(22)14-12-24-15(19-14)13-6-4-3-5-7-13/h3-7,12H,2,8-11H2,1H3,(H,18,23). The van der Waals surface area contributed by atoms with Crippen molar-refractivity contribution in [2.24, 2.45) is 0 Å².